The summed E-state index contributed by atoms with van der Waals surface area (Å²) in [5.74, 6) is 0.267. The van der Waals surface area contributed by atoms with Gasteiger partial charge in [0.1, 0.15) is 5.69 Å². The Morgan fingerprint density at radius 1 is 1.53 bits per heavy atom. The maximum absolute atomic E-state index is 11.9. The highest BCUT2D eigenvalue weighted by molar-refractivity contribution is 9.10. The Balaban J connectivity index is 2.28. The van der Waals surface area contributed by atoms with Crippen molar-refractivity contribution in [3.8, 4) is 0 Å². The molecule has 0 saturated heterocycles. The van der Waals surface area contributed by atoms with E-state index in [2.05, 4.69) is 20.9 Å². The number of hydrogen-bond donors (Lipinski definition) is 0. The summed E-state index contributed by atoms with van der Waals surface area (Å²) in [5.41, 5.74) is 0.408. The van der Waals surface area contributed by atoms with Crippen LogP contribution >= 0.6 is 15.9 Å². The third-order valence-electron chi connectivity index (χ3n) is 2.13. The van der Waals surface area contributed by atoms with Crippen molar-refractivity contribution in [2.45, 2.75) is 12.8 Å². The number of allylic oxidation sites excluding steroid dienone is 2. The van der Waals surface area contributed by atoms with E-state index in [9.17, 15) is 4.79 Å². The third-order valence-corrected chi connectivity index (χ3v) is 2.77. The van der Waals surface area contributed by atoms with E-state index in [1.165, 1.54) is 0 Å². The summed E-state index contributed by atoms with van der Waals surface area (Å²) in [5, 5.41) is 0. The summed E-state index contributed by atoms with van der Waals surface area (Å²) in [6.45, 7) is 0.613. The lowest BCUT2D eigenvalue weighted by molar-refractivity contribution is 0.0893. The molecule has 0 radical (unpaired) electrons. The predicted molar refractivity (Wildman–Crippen MR) is 59.5 cm³/mol. The van der Waals surface area contributed by atoms with Gasteiger partial charge in [-0.15, -0.1) is 0 Å². The molecule has 4 heteroatoms. The van der Waals surface area contributed by atoms with Gasteiger partial charge in [-0.2, -0.15) is 0 Å². The Bertz CT molecular complexity index is 415. The van der Waals surface area contributed by atoms with Crippen molar-refractivity contribution in [3.63, 3.8) is 0 Å². The van der Waals surface area contributed by atoms with Crippen molar-refractivity contribution in [1.29, 1.82) is 0 Å². The van der Waals surface area contributed by atoms with Crippen LogP contribution in [0.15, 0.2) is 34.6 Å². The molecule has 0 aliphatic carbocycles. The van der Waals surface area contributed by atoms with Crippen LogP contribution < -0.4 is 0 Å². The van der Waals surface area contributed by atoms with E-state index in [4.69, 9.17) is 4.74 Å². The van der Waals surface area contributed by atoms with Gasteiger partial charge in [0.2, 0.25) is 5.78 Å². The van der Waals surface area contributed by atoms with Crippen LogP contribution in [0, 0.1) is 0 Å². The van der Waals surface area contributed by atoms with Gasteiger partial charge in [-0.25, -0.2) is 0 Å². The first-order valence-corrected chi connectivity index (χ1v) is 5.56. The number of nitrogens with zero attached hydrogens (tertiary/aromatic N) is 1. The first kappa shape index (κ1) is 10.4. The number of ketones is 1. The fraction of sp³-hybridized carbons (Fsp3) is 0.273. The fourth-order valence-electron chi connectivity index (χ4n) is 1.39. The van der Waals surface area contributed by atoms with Gasteiger partial charge in [0.15, 0.2) is 5.76 Å². The summed E-state index contributed by atoms with van der Waals surface area (Å²) >= 11 is 3.30. The molecule has 1 aromatic rings. The second-order valence-corrected chi connectivity index (χ2v) is 4.08. The lowest BCUT2D eigenvalue weighted by Gasteiger charge is -2.13. The van der Waals surface area contributed by atoms with Gasteiger partial charge in [-0.3, -0.25) is 9.78 Å². The highest BCUT2D eigenvalue weighted by atomic mass is 79.9. The summed E-state index contributed by atoms with van der Waals surface area (Å²) in [4.78, 5) is 16.0. The Hall–Kier alpha value is -1.16. The first-order chi connectivity index (χ1) is 7.29. The summed E-state index contributed by atoms with van der Waals surface area (Å²) < 4.78 is 6.00. The van der Waals surface area contributed by atoms with E-state index in [1.54, 1.807) is 18.3 Å². The zero-order valence-electron chi connectivity index (χ0n) is 8.07. The lowest BCUT2D eigenvalue weighted by Crippen LogP contribution is -2.13. The lowest BCUT2D eigenvalue weighted by atomic mass is 10.1. The molecule has 0 N–H and O–H groups in total. The minimum absolute atomic E-state index is 0.151. The number of rotatable bonds is 2. The number of carbonyl (C=O) groups is 1. The Morgan fingerprint density at radius 3 is 3.07 bits per heavy atom. The van der Waals surface area contributed by atoms with Gasteiger partial charge in [-0.1, -0.05) is 0 Å². The second kappa shape index (κ2) is 4.57. The molecule has 0 saturated carbocycles. The van der Waals surface area contributed by atoms with Crippen LogP contribution in [-0.2, 0) is 4.74 Å². The van der Waals surface area contributed by atoms with E-state index in [1.807, 2.05) is 6.08 Å². The van der Waals surface area contributed by atoms with E-state index in [0.29, 0.717) is 22.5 Å². The molecule has 1 aliphatic rings. The summed E-state index contributed by atoms with van der Waals surface area (Å²) in [7, 11) is 0. The zero-order valence-corrected chi connectivity index (χ0v) is 9.66. The number of halogens is 1. The first-order valence-electron chi connectivity index (χ1n) is 4.77. The van der Waals surface area contributed by atoms with Gasteiger partial charge in [-0.05, 0) is 47.0 Å². The van der Waals surface area contributed by atoms with Crippen molar-refractivity contribution in [1.82, 2.24) is 4.98 Å². The van der Waals surface area contributed by atoms with Crippen LogP contribution in [-0.4, -0.2) is 17.4 Å². The number of ether oxygens (including phenoxy) is 1. The van der Waals surface area contributed by atoms with Crippen molar-refractivity contribution in [3.05, 3.63) is 40.3 Å². The smallest absolute Gasteiger partial charge is 0.246 e. The molecule has 78 valence electrons. The van der Waals surface area contributed by atoms with Gasteiger partial charge < -0.3 is 4.74 Å². The number of Topliss-reactive ketones (excluding diaryl/α,β-unsaturated/α-hetero) is 1. The Labute approximate surface area is 96.3 Å². The van der Waals surface area contributed by atoms with Crippen LogP contribution in [0.25, 0.3) is 0 Å². The number of hydrogen-bond acceptors (Lipinski definition) is 3. The zero-order chi connectivity index (χ0) is 10.7. The van der Waals surface area contributed by atoms with Gasteiger partial charge in [0.25, 0.3) is 0 Å². The average Bonchev–Trinajstić information content (AvgIpc) is 2.30. The van der Waals surface area contributed by atoms with Crippen molar-refractivity contribution >= 4 is 21.7 Å². The molecule has 0 aromatic carbocycles. The predicted octanol–water partition coefficient (Wildman–Crippen LogP) is 2.72. The van der Waals surface area contributed by atoms with E-state index < -0.39 is 0 Å². The Morgan fingerprint density at radius 2 is 2.40 bits per heavy atom. The fourth-order valence-corrected chi connectivity index (χ4v) is 1.82. The average molecular weight is 268 g/mol. The van der Waals surface area contributed by atoms with Crippen molar-refractivity contribution < 1.29 is 9.53 Å². The Kier molecular flexibility index (Phi) is 3.16. The maximum atomic E-state index is 11.9. The van der Waals surface area contributed by atoms with Crippen molar-refractivity contribution in [2.75, 3.05) is 6.61 Å². The molecule has 0 spiro atoms. The molecule has 1 aromatic heterocycles. The maximum Gasteiger partial charge on any atom is 0.246 e. The molecular weight excluding hydrogens is 258 g/mol. The number of carbonyl (C=O) groups excluding carboxylic acids is 1. The molecule has 0 atom stereocenters. The van der Waals surface area contributed by atoms with E-state index >= 15 is 0 Å². The SMILES string of the molecule is O=C(C1=CCCCO1)c1ncccc1Br. The monoisotopic (exact) mass is 267 g/mol. The second-order valence-electron chi connectivity index (χ2n) is 3.22. The van der Waals surface area contributed by atoms with Gasteiger partial charge in [0, 0.05) is 10.7 Å². The van der Waals surface area contributed by atoms with Crippen LogP contribution in [0.3, 0.4) is 0 Å². The topological polar surface area (TPSA) is 39.2 Å². The van der Waals surface area contributed by atoms with Crippen LogP contribution in [0.1, 0.15) is 23.3 Å². The quantitative estimate of drug-likeness (QED) is 0.774. The molecule has 0 fully saturated rings. The minimum Gasteiger partial charge on any atom is -0.490 e. The minimum atomic E-state index is -0.151. The molecule has 0 unspecified atom stereocenters. The van der Waals surface area contributed by atoms with Crippen LogP contribution in [0.4, 0.5) is 0 Å². The highest BCUT2D eigenvalue weighted by Gasteiger charge is 2.19. The molecule has 3 nitrogen and oxygen atoms in total. The highest BCUT2D eigenvalue weighted by Crippen LogP contribution is 2.20. The summed E-state index contributed by atoms with van der Waals surface area (Å²) in [6, 6.07) is 3.57. The molecule has 2 rings (SSSR count). The molecular formula is C11H10BrNO2. The standard InChI is InChI=1S/C11H10BrNO2/c12-8-4-3-6-13-10(8)11(14)9-5-1-2-7-15-9/h3-6H,1-2,7H2. The molecule has 1 aliphatic heterocycles. The molecule has 0 amide bonds. The normalized spacial score (nSPS) is 15.4. The molecule has 15 heavy (non-hydrogen) atoms. The van der Waals surface area contributed by atoms with Crippen LogP contribution in [0.5, 0.6) is 0 Å². The van der Waals surface area contributed by atoms with Crippen molar-refractivity contribution in [2.24, 2.45) is 0 Å². The molecule has 0 bridgehead atoms. The number of aromatic nitrogens is 1. The van der Waals surface area contributed by atoms with E-state index in [-0.39, 0.29) is 5.78 Å². The molecule has 2 heterocycles. The van der Waals surface area contributed by atoms with E-state index in [0.717, 1.165) is 12.8 Å². The van der Waals surface area contributed by atoms with Gasteiger partial charge >= 0.3 is 0 Å². The van der Waals surface area contributed by atoms with Crippen LogP contribution in [0.2, 0.25) is 0 Å². The summed E-state index contributed by atoms with van der Waals surface area (Å²) in [6.07, 6.45) is 5.29. The largest absolute Gasteiger partial charge is 0.490 e. The third kappa shape index (κ3) is 2.26. The number of pyridine rings is 1. The van der Waals surface area contributed by atoms with Gasteiger partial charge in [0.05, 0.1) is 6.61 Å².